The summed E-state index contributed by atoms with van der Waals surface area (Å²) in [6.07, 6.45) is 1.69. The van der Waals surface area contributed by atoms with Crippen LogP contribution in [-0.2, 0) is 0 Å². The van der Waals surface area contributed by atoms with Crippen LogP contribution < -0.4 is 5.32 Å². The van der Waals surface area contributed by atoms with Gasteiger partial charge in [-0.1, -0.05) is 13.8 Å². The van der Waals surface area contributed by atoms with Crippen molar-refractivity contribution in [3.8, 4) is 0 Å². The highest BCUT2D eigenvalue weighted by atomic mass is 16.2. The van der Waals surface area contributed by atoms with Gasteiger partial charge in [0.2, 0.25) is 0 Å². The van der Waals surface area contributed by atoms with Crippen LogP contribution in [0.1, 0.15) is 35.8 Å². The summed E-state index contributed by atoms with van der Waals surface area (Å²) in [7, 11) is 0. The summed E-state index contributed by atoms with van der Waals surface area (Å²) in [6.45, 7) is 7.52. The van der Waals surface area contributed by atoms with Gasteiger partial charge in [-0.3, -0.25) is 9.78 Å². The molecule has 0 atom stereocenters. The van der Waals surface area contributed by atoms with Crippen molar-refractivity contribution in [3.63, 3.8) is 0 Å². The predicted molar refractivity (Wildman–Crippen MR) is 67.1 cm³/mol. The first kappa shape index (κ1) is 12.0. The van der Waals surface area contributed by atoms with Crippen LogP contribution in [0.2, 0.25) is 0 Å². The lowest BCUT2D eigenvalue weighted by Gasteiger charge is -2.27. The fraction of sp³-hybridized carbons (Fsp3) is 0.538. The van der Waals surface area contributed by atoms with Crippen LogP contribution in [0.15, 0.2) is 18.3 Å². The third-order valence-electron chi connectivity index (χ3n) is 3.03. The zero-order valence-corrected chi connectivity index (χ0v) is 10.4. The molecule has 0 aromatic carbocycles. The molecule has 1 amide bonds. The summed E-state index contributed by atoms with van der Waals surface area (Å²) in [6, 6.07) is 3.83. The Bertz CT molecular complexity index is 380. The molecule has 2 rings (SSSR count). The van der Waals surface area contributed by atoms with Gasteiger partial charge in [-0.15, -0.1) is 0 Å². The highest BCUT2D eigenvalue weighted by molar-refractivity contribution is 5.94. The van der Waals surface area contributed by atoms with Crippen LogP contribution in [0.4, 0.5) is 0 Å². The third-order valence-corrected chi connectivity index (χ3v) is 3.03. The molecule has 0 unspecified atom stereocenters. The summed E-state index contributed by atoms with van der Waals surface area (Å²) in [4.78, 5) is 18.3. The number of pyridine rings is 1. The SMILES string of the molecule is CC(C)c1ccc(C(=O)N2CCNCC2)cn1. The molecule has 1 aliphatic rings. The highest BCUT2D eigenvalue weighted by Gasteiger charge is 2.18. The third kappa shape index (κ3) is 2.82. The van der Waals surface area contributed by atoms with Gasteiger partial charge in [-0.2, -0.15) is 0 Å². The molecule has 0 aliphatic carbocycles. The van der Waals surface area contributed by atoms with Gasteiger partial charge < -0.3 is 10.2 Å². The average molecular weight is 233 g/mol. The number of hydrogen-bond donors (Lipinski definition) is 1. The molecule has 1 aromatic rings. The topological polar surface area (TPSA) is 45.2 Å². The lowest BCUT2D eigenvalue weighted by atomic mass is 10.1. The number of rotatable bonds is 2. The van der Waals surface area contributed by atoms with E-state index in [0.717, 1.165) is 31.9 Å². The summed E-state index contributed by atoms with van der Waals surface area (Å²) in [5, 5.41) is 3.24. The number of nitrogens with one attached hydrogen (secondary N) is 1. The standard InChI is InChI=1S/C13H19N3O/c1-10(2)12-4-3-11(9-15-12)13(17)16-7-5-14-6-8-16/h3-4,9-10,14H,5-8H2,1-2H3. The second-order valence-corrected chi connectivity index (χ2v) is 4.67. The van der Waals surface area contributed by atoms with E-state index in [1.165, 1.54) is 0 Å². The summed E-state index contributed by atoms with van der Waals surface area (Å²) < 4.78 is 0. The minimum absolute atomic E-state index is 0.0920. The van der Waals surface area contributed by atoms with E-state index in [-0.39, 0.29) is 5.91 Å². The molecule has 2 heterocycles. The molecule has 17 heavy (non-hydrogen) atoms. The van der Waals surface area contributed by atoms with Crippen LogP contribution >= 0.6 is 0 Å². The predicted octanol–water partition coefficient (Wildman–Crippen LogP) is 1.25. The fourth-order valence-corrected chi connectivity index (χ4v) is 1.92. The summed E-state index contributed by atoms with van der Waals surface area (Å²) in [5.41, 5.74) is 1.72. The second kappa shape index (κ2) is 5.27. The molecule has 1 aromatic heterocycles. The van der Waals surface area contributed by atoms with E-state index in [0.29, 0.717) is 11.5 Å². The van der Waals surface area contributed by atoms with Gasteiger partial charge in [0.05, 0.1) is 5.56 Å². The van der Waals surface area contributed by atoms with Gasteiger partial charge in [-0.25, -0.2) is 0 Å². The largest absolute Gasteiger partial charge is 0.336 e. The lowest BCUT2D eigenvalue weighted by Crippen LogP contribution is -2.46. The molecule has 4 nitrogen and oxygen atoms in total. The van der Waals surface area contributed by atoms with E-state index >= 15 is 0 Å². The number of nitrogens with zero attached hydrogens (tertiary/aromatic N) is 2. The first-order valence-electron chi connectivity index (χ1n) is 6.14. The van der Waals surface area contributed by atoms with Crippen molar-refractivity contribution in [2.45, 2.75) is 19.8 Å². The van der Waals surface area contributed by atoms with Crippen LogP contribution in [0, 0.1) is 0 Å². The van der Waals surface area contributed by atoms with Crippen LogP contribution in [0.3, 0.4) is 0 Å². The Morgan fingerprint density at radius 1 is 1.35 bits per heavy atom. The number of aromatic nitrogens is 1. The van der Waals surface area contributed by atoms with E-state index in [4.69, 9.17) is 0 Å². The molecular formula is C13H19N3O. The van der Waals surface area contributed by atoms with Crippen molar-refractivity contribution >= 4 is 5.91 Å². The minimum atomic E-state index is 0.0920. The van der Waals surface area contributed by atoms with E-state index in [1.807, 2.05) is 17.0 Å². The second-order valence-electron chi connectivity index (χ2n) is 4.67. The van der Waals surface area contributed by atoms with E-state index in [2.05, 4.69) is 24.1 Å². The van der Waals surface area contributed by atoms with Gasteiger partial charge in [0.15, 0.2) is 0 Å². The Hall–Kier alpha value is -1.42. The molecule has 0 saturated carbocycles. The normalized spacial score (nSPS) is 16.3. The Morgan fingerprint density at radius 2 is 2.06 bits per heavy atom. The molecule has 4 heteroatoms. The molecule has 1 saturated heterocycles. The Balaban J connectivity index is 2.08. The molecular weight excluding hydrogens is 214 g/mol. The zero-order chi connectivity index (χ0) is 12.3. The maximum absolute atomic E-state index is 12.1. The molecule has 0 bridgehead atoms. The van der Waals surface area contributed by atoms with Crippen molar-refractivity contribution in [1.29, 1.82) is 0 Å². The first-order valence-corrected chi connectivity index (χ1v) is 6.14. The van der Waals surface area contributed by atoms with E-state index < -0.39 is 0 Å². The molecule has 92 valence electrons. The summed E-state index contributed by atoms with van der Waals surface area (Å²) >= 11 is 0. The van der Waals surface area contributed by atoms with E-state index in [1.54, 1.807) is 6.20 Å². The van der Waals surface area contributed by atoms with Gasteiger partial charge >= 0.3 is 0 Å². The smallest absolute Gasteiger partial charge is 0.255 e. The van der Waals surface area contributed by atoms with Crippen molar-refractivity contribution in [3.05, 3.63) is 29.6 Å². The monoisotopic (exact) mass is 233 g/mol. The van der Waals surface area contributed by atoms with Crippen LogP contribution in [-0.4, -0.2) is 42.0 Å². The minimum Gasteiger partial charge on any atom is -0.336 e. The quantitative estimate of drug-likeness (QED) is 0.836. The van der Waals surface area contributed by atoms with Crippen molar-refractivity contribution in [1.82, 2.24) is 15.2 Å². The van der Waals surface area contributed by atoms with Crippen LogP contribution in [0.25, 0.3) is 0 Å². The Labute approximate surface area is 102 Å². The van der Waals surface area contributed by atoms with Crippen LogP contribution in [0.5, 0.6) is 0 Å². The zero-order valence-electron chi connectivity index (χ0n) is 10.4. The maximum Gasteiger partial charge on any atom is 0.255 e. The van der Waals surface area contributed by atoms with E-state index in [9.17, 15) is 4.79 Å². The Kier molecular flexibility index (Phi) is 3.74. The van der Waals surface area contributed by atoms with Crippen molar-refractivity contribution in [2.75, 3.05) is 26.2 Å². The molecule has 0 radical (unpaired) electrons. The number of amides is 1. The summed E-state index contributed by atoms with van der Waals surface area (Å²) in [5.74, 6) is 0.493. The van der Waals surface area contributed by atoms with Gasteiger partial charge in [-0.05, 0) is 18.1 Å². The number of carbonyl (C=O) groups is 1. The van der Waals surface area contributed by atoms with Gasteiger partial charge in [0.1, 0.15) is 0 Å². The molecule has 1 fully saturated rings. The maximum atomic E-state index is 12.1. The first-order chi connectivity index (χ1) is 8.18. The van der Waals surface area contributed by atoms with Gasteiger partial charge in [0, 0.05) is 38.1 Å². The van der Waals surface area contributed by atoms with Crippen molar-refractivity contribution in [2.24, 2.45) is 0 Å². The Morgan fingerprint density at radius 3 is 2.59 bits per heavy atom. The average Bonchev–Trinajstić information content (AvgIpc) is 2.39. The number of hydrogen-bond acceptors (Lipinski definition) is 3. The molecule has 0 spiro atoms. The lowest BCUT2D eigenvalue weighted by molar-refractivity contribution is 0.0735. The highest BCUT2D eigenvalue weighted by Crippen LogP contribution is 2.12. The molecule has 1 aliphatic heterocycles. The van der Waals surface area contributed by atoms with Crippen molar-refractivity contribution < 1.29 is 4.79 Å². The number of carbonyl (C=O) groups excluding carboxylic acids is 1. The molecule has 1 N–H and O–H groups in total. The fourth-order valence-electron chi connectivity index (χ4n) is 1.92. The van der Waals surface area contributed by atoms with Gasteiger partial charge in [0.25, 0.3) is 5.91 Å². The number of piperazine rings is 1.